The third-order valence-corrected chi connectivity index (χ3v) is 3.61. The average molecular weight is 167 g/mol. The molecular formula is C11H21N. The average Bonchev–Trinajstić information content (AvgIpc) is 1.99. The van der Waals surface area contributed by atoms with E-state index in [9.17, 15) is 0 Å². The minimum atomic E-state index is 0.503. The Kier molecular flexibility index (Phi) is 2.40. The maximum absolute atomic E-state index is 3.83. The third kappa shape index (κ3) is 1.82. The minimum absolute atomic E-state index is 0.503. The van der Waals surface area contributed by atoms with Gasteiger partial charge in [0, 0.05) is 11.6 Å². The molecular weight excluding hydrogens is 146 g/mol. The summed E-state index contributed by atoms with van der Waals surface area (Å²) in [5, 5.41) is 3.83. The van der Waals surface area contributed by atoms with Gasteiger partial charge >= 0.3 is 0 Å². The standard InChI is InChI=1S/C11H21N/c1-11(8-3-2-4-9-11)12-10-6-5-7-10/h10,12H,2-9H2,1H3. The van der Waals surface area contributed by atoms with Crippen LogP contribution in [0.15, 0.2) is 0 Å². The first-order valence-electron chi connectivity index (χ1n) is 5.56. The lowest BCUT2D eigenvalue weighted by Crippen LogP contribution is -2.51. The molecule has 0 bridgehead atoms. The van der Waals surface area contributed by atoms with E-state index in [-0.39, 0.29) is 0 Å². The van der Waals surface area contributed by atoms with Gasteiger partial charge in [-0.25, -0.2) is 0 Å². The normalized spacial score (nSPS) is 29.8. The fourth-order valence-electron chi connectivity index (χ4n) is 2.52. The van der Waals surface area contributed by atoms with E-state index in [2.05, 4.69) is 12.2 Å². The van der Waals surface area contributed by atoms with E-state index in [1.807, 2.05) is 0 Å². The predicted octanol–water partition coefficient (Wildman–Crippen LogP) is 2.85. The monoisotopic (exact) mass is 167 g/mol. The Morgan fingerprint density at radius 3 is 2.17 bits per heavy atom. The van der Waals surface area contributed by atoms with E-state index < -0.39 is 0 Å². The van der Waals surface area contributed by atoms with Crippen molar-refractivity contribution in [2.24, 2.45) is 0 Å². The van der Waals surface area contributed by atoms with Crippen LogP contribution in [0.2, 0.25) is 0 Å². The first-order valence-corrected chi connectivity index (χ1v) is 5.56. The summed E-state index contributed by atoms with van der Waals surface area (Å²) in [4.78, 5) is 0. The van der Waals surface area contributed by atoms with Gasteiger partial charge in [-0.3, -0.25) is 0 Å². The summed E-state index contributed by atoms with van der Waals surface area (Å²) in [6.07, 6.45) is 11.5. The Morgan fingerprint density at radius 2 is 1.67 bits per heavy atom. The Morgan fingerprint density at radius 1 is 1.00 bits per heavy atom. The van der Waals surface area contributed by atoms with Crippen LogP contribution in [0, 0.1) is 0 Å². The van der Waals surface area contributed by atoms with Crippen LogP contribution in [0.4, 0.5) is 0 Å². The van der Waals surface area contributed by atoms with E-state index in [1.165, 1.54) is 51.4 Å². The number of nitrogens with one attached hydrogen (secondary N) is 1. The molecule has 0 aromatic carbocycles. The van der Waals surface area contributed by atoms with Crippen molar-refractivity contribution in [2.45, 2.75) is 69.9 Å². The van der Waals surface area contributed by atoms with Crippen LogP contribution in [0.25, 0.3) is 0 Å². The van der Waals surface area contributed by atoms with Gasteiger partial charge in [-0.15, -0.1) is 0 Å². The molecule has 70 valence electrons. The molecule has 1 N–H and O–H groups in total. The first kappa shape index (κ1) is 8.55. The molecule has 0 aliphatic heterocycles. The van der Waals surface area contributed by atoms with Gasteiger partial charge in [-0.1, -0.05) is 25.7 Å². The summed E-state index contributed by atoms with van der Waals surface area (Å²) in [5.74, 6) is 0. The van der Waals surface area contributed by atoms with Crippen LogP contribution >= 0.6 is 0 Å². The van der Waals surface area contributed by atoms with Gasteiger partial charge in [0.1, 0.15) is 0 Å². The molecule has 0 saturated heterocycles. The maximum atomic E-state index is 3.83. The predicted molar refractivity (Wildman–Crippen MR) is 52.3 cm³/mol. The summed E-state index contributed by atoms with van der Waals surface area (Å²) in [6.45, 7) is 2.42. The Labute approximate surface area is 75.9 Å². The second-order valence-corrected chi connectivity index (χ2v) is 4.89. The minimum Gasteiger partial charge on any atom is -0.309 e. The van der Waals surface area contributed by atoms with E-state index in [0.29, 0.717) is 5.54 Å². The Bertz CT molecular complexity index is 143. The van der Waals surface area contributed by atoms with Crippen LogP contribution < -0.4 is 5.32 Å². The summed E-state index contributed by atoms with van der Waals surface area (Å²) < 4.78 is 0. The number of rotatable bonds is 2. The van der Waals surface area contributed by atoms with Crippen molar-refractivity contribution in [3.05, 3.63) is 0 Å². The molecule has 0 amide bonds. The third-order valence-electron chi connectivity index (χ3n) is 3.61. The van der Waals surface area contributed by atoms with Gasteiger partial charge < -0.3 is 5.32 Å². The van der Waals surface area contributed by atoms with Crippen molar-refractivity contribution in [1.29, 1.82) is 0 Å². The maximum Gasteiger partial charge on any atom is 0.0155 e. The molecule has 2 aliphatic rings. The molecule has 12 heavy (non-hydrogen) atoms. The first-order chi connectivity index (χ1) is 5.79. The quantitative estimate of drug-likeness (QED) is 0.667. The highest BCUT2D eigenvalue weighted by molar-refractivity contribution is 4.91. The van der Waals surface area contributed by atoms with Crippen LogP contribution in [-0.4, -0.2) is 11.6 Å². The lowest BCUT2D eigenvalue weighted by atomic mass is 9.80. The van der Waals surface area contributed by atoms with Gasteiger partial charge in [0.05, 0.1) is 0 Å². The highest BCUT2D eigenvalue weighted by Gasteiger charge is 2.30. The van der Waals surface area contributed by atoms with E-state index in [4.69, 9.17) is 0 Å². The molecule has 0 spiro atoms. The number of hydrogen-bond acceptors (Lipinski definition) is 1. The molecule has 0 aromatic rings. The van der Waals surface area contributed by atoms with E-state index in [1.54, 1.807) is 0 Å². The van der Waals surface area contributed by atoms with Crippen molar-refractivity contribution in [1.82, 2.24) is 5.32 Å². The number of hydrogen-bond donors (Lipinski definition) is 1. The largest absolute Gasteiger partial charge is 0.309 e. The highest BCUT2D eigenvalue weighted by Crippen LogP contribution is 2.30. The van der Waals surface area contributed by atoms with Gasteiger partial charge in [0.2, 0.25) is 0 Å². The lowest BCUT2D eigenvalue weighted by molar-refractivity contribution is 0.188. The molecule has 0 radical (unpaired) electrons. The fourth-order valence-corrected chi connectivity index (χ4v) is 2.52. The zero-order valence-corrected chi connectivity index (χ0v) is 8.23. The van der Waals surface area contributed by atoms with Gasteiger partial charge in [-0.2, -0.15) is 0 Å². The molecule has 2 rings (SSSR count). The molecule has 2 aliphatic carbocycles. The molecule has 1 nitrogen and oxygen atoms in total. The lowest BCUT2D eigenvalue weighted by Gasteiger charge is -2.41. The summed E-state index contributed by atoms with van der Waals surface area (Å²) in [6, 6.07) is 0.869. The second kappa shape index (κ2) is 3.37. The van der Waals surface area contributed by atoms with Crippen molar-refractivity contribution in [3.8, 4) is 0 Å². The molecule has 0 atom stereocenters. The Balaban J connectivity index is 1.81. The molecule has 0 unspecified atom stereocenters. The summed E-state index contributed by atoms with van der Waals surface area (Å²) in [7, 11) is 0. The van der Waals surface area contributed by atoms with Crippen molar-refractivity contribution < 1.29 is 0 Å². The van der Waals surface area contributed by atoms with Crippen LogP contribution in [-0.2, 0) is 0 Å². The summed E-state index contributed by atoms with van der Waals surface area (Å²) >= 11 is 0. The van der Waals surface area contributed by atoms with Gasteiger partial charge in [0.15, 0.2) is 0 Å². The molecule has 1 heteroatoms. The highest BCUT2D eigenvalue weighted by atomic mass is 15.0. The van der Waals surface area contributed by atoms with Crippen molar-refractivity contribution in [2.75, 3.05) is 0 Å². The molecule has 2 saturated carbocycles. The van der Waals surface area contributed by atoms with Crippen LogP contribution in [0.3, 0.4) is 0 Å². The Hall–Kier alpha value is -0.0400. The smallest absolute Gasteiger partial charge is 0.0155 e. The van der Waals surface area contributed by atoms with E-state index in [0.717, 1.165) is 6.04 Å². The molecule has 0 heterocycles. The molecule has 2 fully saturated rings. The second-order valence-electron chi connectivity index (χ2n) is 4.89. The van der Waals surface area contributed by atoms with Gasteiger partial charge in [-0.05, 0) is 32.6 Å². The van der Waals surface area contributed by atoms with E-state index >= 15 is 0 Å². The van der Waals surface area contributed by atoms with Crippen molar-refractivity contribution in [3.63, 3.8) is 0 Å². The van der Waals surface area contributed by atoms with Crippen molar-refractivity contribution >= 4 is 0 Å². The van der Waals surface area contributed by atoms with Gasteiger partial charge in [0.25, 0.3) is 0 Å². The SMILES string of the molecule is CC1(NC2CCC2)CCCCC1. The zero-order valence-electron chi connectivity index (χ0n) is 8.23. The summed E-state index contributed by atoms with van der Waals surface area (Å²) in [5.41, 5.74) is 0.503. The topological polar surface area (TPSA) is 12.0 Å². The van der Waals surface area contributed by atoms with Crippen LogP contribution in [0.5, 0.6) is 0 Å². The zero-order chi connectivity index (χ0) is 8.44. The fraction of sp³-hybridized carbons (Fsp3) is 1.00. The van der Waals surface area contributed by atoms with Crippen LogP contribution in [0.1, 0.15) is 58.3 Å². The molecule has 0 aromatic heterocycles.